The first-order chi connectivity index (χ1) is 13.7. The number of hydrogen-bond donors (Lipinski definition) is 0. The van der Waals surface area contributed by atoms with Gasteiger partial charge in [0.05, 0.1) is 33.6 Å². The van der Waals surface area contributed by atoms with Gasteiger partial charge in [-0.3, -0.25) is 0 Å². The molecule has 2 heterocycles. The van der Waals surface area contributed by atoms with E-state index in [2.05, 4.69) is 9.95 Å². The Morgan fingerprint density at radius 2 is 1.07 bits per heavy atom. The number of hydrogen-bond acceptors (Lipinski definition) is 4. The average Bonchev–Trinajstić information content (AvgIpc) is 3.15. The summed E-state index contributed by atoms with van der Waals surface area (Å²) >= 11 is 0. The van der Waals surface area contributed by atoms with E-state index in [-0.39, 0.29) is 23.1 Å². The van der Waals surface area contributed by atoms with Gasteiger partial charge in [-0.25, -0.2) is 0 Å². The van der Waals surface area contributed by atoms with Crippen molar-refractivity contribution in [2.24, 2.45) is 0 Å². The Morgan fingerprint density at radius 3 is 1.46 bits per heavy atom. The monoisotopic (exact) mass is 372 g/mol. The van der Waals surface area contributed by atoms with E-state index in [9.17, 15) is 10.2 Å². The zero-order valence-electron chi connectivity index (χ0n) is 14.9. The maximum atomic E-state index is 12.5. The van der Waals surface area contributed by atoms with Crippen molar-refractivity contribution in [3.8, 4) is 11.8 Å². The van der Waals surface area contributed by atoms with Gasteiger partial charge in [0.25, 0.3) is 0 Å². The van der Waals surface area contributed by atoms with Gasteiger partial charge in [0, 0.05) is 13.1 Å². The maximum absolute atomic E-state index is 12.5. The largest absolute Gasteiger partial charge is 0.854 e. The molecule has 0 saturated heterocycles. The van der Waals surface area contributed by atoms with Gasteiger partial charge in [-0.15, -0.1) is 0 Å². The molecule has 0 fully saturated rings. The van der Waals surface area contributed by atoms with Crippen LogP contribution in [0.5, 0.6) is 11.8 Å². The molecule has 4 aromatic rings. The Morgan fingerprint density at radius 1 is 0.679 bits per heavy atom. The number of benzene rings is 2. The Hall–Kier alpha value is -4.04. The van der Waals surface area contributed by atoms with Crippen LogP contribution in [0.1, 0.15) is 12.8 Å². The van der Waals surface area contributed by atoms with Crippen LogP contribution < -0.4 is 10.2 Å². The molecular weight excluding hydrogens is 356 g/mol. The molecule has 8 heteroatoms. The number of fused-ring (bicyclic) bond motifs is 2. The minimum Gasteiger partial charge on any atom is -0.854 e. The quantitative estimate of drug-likeness (QED) is 0.386. The molecule has 138 valence electrons. The highest BCUT2D eigenvalue weighted by molar-refractivity contribution is 5.97. The third kappa shape index (κ3) is 2.60. The van der Waals surface area contributed by atoms with E-state index in [0.29, 0.717) is 36.7 Å². The number of rotatable bonds is 5. The molecule has 0 saturated carbocycles. The van der Waals surface area contributed by atoms with E-state index in [1.54, 1.807) is 33.4 Å². The van der Waals surface area contributed by atoms with Gasteiger partial charge in [-0.05, 0) is 37.1 Å². The summed E-state index contributed by atoms with van der Waals surface area (Å²) in [7, 11) is 0. The van der Waals surface area contributed by atoms with Crippen molar-refractivity contribution in [2.45, 2.75) is 25.9 Å². The number of para-hydroxylation sites is 2. The highest BCUT2D eigenvalue weighted by Crippen LogP contribution is 2.38. The van der Waals surface area contributed by atoms with Gasteiger partial charge >= 0.3 is 11.4 Å². The Kier molecular flexibility index (Phi) is 4.30. The number of diazo groups is 2. The predicted octanol–water partition coefficient (Wildman–Crippen LogP) is 4.19. The summed E-state index contributed by atoms with van der Waals surface area (Å²) in [6.45, 7) is 0.888. The molecule has 0 radical (unpaired) electrons. The second-order valence-electron chi connectivity index (χ2n) is 6.55. The number of nitrogens with zero attached hydrogens (tertiary/aromatic N) is 6. The molecule has 0 aliphatic rings. The molecule has 0 bridgehead atoms. The first-order valence-corrected chi connectivity index (χ1v) is 8.94. The zero-order chi connectivity index (χ0) is 19.7. The van der Waals surface area contributed by atoms with Crippen molar-refractivity contribution in [2.75, 3.05) is 0 Å². The predicted molar refractivity (Wildman–Crippen MR) is 101 cm³/mol. The standard InChI is InChI=1S/C20H16N6O2/c21-23-17-13-7-1-3-9-15(13)25(19(17)27)11-5-6-12-26-16-10-4-2-8-14(16)18(24-22)20(26)28/h1-4,7-10H,5-6,11-12H2. The van der Waals surface area contributed by atoms with Crippen LogP contribution in [0.3, 0.4) is 0 Å². The smallest absolute Gasteiger partial charge is 0.402 e. The van der Waals surface area contributed by atoms with E-state index in [1.807, 2.05) is 24.3 Å². The molecule has 0 aliphatic carbocycles. The molecule has 0 atom stereocenters. The van der Waals surface area contributed by atoms with Gasteiger partial charge in [0.2, 0.25) is 10.8 Å². The van der Waals surface area contributed by atoms with Crippen molar-refractivity contribution >= 4 is 33.2 Å². The first kappa shape index (κ1) is 17.4. The van der Waals surface area contributed by atoms with Crippen molar-refractivity contribution in [1.29, 1.82) is 10.8 Å². The molecule has 0 aliphatic heterocycles. The fraction of sp³-hybridized carbons (Fsp3) is 0.200. The SMILES string of the molecule is N#[N+]c1c([O-])n(CCCCn2c([O-])c([N+]#N)c3ccccc32)c2ccccc12. The van der Waals surface area contributed by atoms with Crippen LogP contribution >= 0.6 is 0 Å². The Labute approximate surface area is 160 Å². The van der Waals surface area contributed by atoms with Gasteiger partial charge in [-0.1, -0.05) is 24.3 Å². The van der Waals surface area contributed by atoms with Crippen LogP contribution in [0.25, 0.3) is 31.8 Å². The van der Waals surface area contributed by atoms with Gasteiger partial charge in [-0.2, -0.15) is 0 Å². The molecular formula is C20H16N6O2. The lowest BCUT2D eigenvalue weighted by atomic mass is 10.2. The topological polar surface area (TPSA) is 112 Å². The molecule has 0 spiro atoms. The summed E-state index contributed by atoms with van der Waals surface area (Å²) < 4.78 is 3.18. The van der Waals surface area contributed by atoms with E-state index in [4.69, 9.17) is 10.8 Å². The minimum atomic E-state index is -0.332. The summed E-state index contributed by atoms with van der Waals surface area (Å²) in [6, 6.07) is 14.4. The highest BCUT2D eigenvalue weighted by atomic mass is 16.3. The average molecular weight is 372 g/mol. The number of unbranched alkanes of at least 4 members (excludes halogenated alkanes) is 1. The Balaban J connectivity index is 1.54. The Bertz CT molecular complexity index is 1170. The van der Waals surface area contributed by atoms with Crippen LogP contribution in [0.4, 0.5) is 11.4 Å². The molecule has 2 aromatic carbocycles. The van der Waals surface area contributed by atoms with E-state index >= 15 is 0 Å². The van der Waals surface area contributed by atoms with Crippen molar-refractivity contribution in [1.82, 2.24) is 9.13 Å². The van der Waals surface area contributed by atoms with Crippen LogP contribution in [0.2, 0.25) is 0 Å². The number of aryl methyl sites for hydroxylation is 2. The highest BCUT2D eigenvalue weighted by Gasteiger charge is 2.21. The van der Waals surface area contributed by atoms with Crippen molar-refractivity contribution < 1.29 is 10.2 Å². The second-order valence-corrected chi connectivity index (χ2v) is 6.55. The van der Waals surface area contributed by atoms with Gasteiger partial charge in [0.1, 0.15) is 0 Å². The molecule has 0 unspecified atom stereocenters. The molecule has 4 rings (SSSR count). The third-order valence-electron chi connectivity index (χ3n) is 5.01. The van der Waals surface area contributed by atoms with E-state index in [1.165, 1.54) is 0 Å². The summed E-state index contributed by atoms with van der Waals surface area (Å²) in [6.07, 6.45) is 1.30. The summed E-state index contributed by atoms with van der Waals surface area (Å²) in [5.74, 6) is -0.665. The summed E-state index contributed by atoms with van der Waals surface area (Å²) in [4.78, 5) is 6.28. The lowest BCUT2D eigenvalue weighted by Gasteiger charge is -2.14. The third-order valence-corrected chi connectivity index (χ3v) is 5.01. The lowest BCUT2D eigenvalue weighted by molar-refractivity contribution is -0.278. The molecule has 2 aromatic heterocycles. The van der Waals surface area contributed by atoms with Crippen molar-refractivity contribution in [3.63, 3.8) is 0 Å². The zero-order valence-corrected chi connectivity index (χ0v) is 14.9. The van der Waals surface area contributed by atoms with Crippen LogP contribution in [-0.2, 0) is 13.1 Å². The van der Waals surface area contributed by atoms with Crippen LogP contribution in [0, 0.1) is 10.8 Å². The second kappa shape index (κ2) is 6.93. The molecule has 0 amide bonds. The first-order valence-electron chi connectivity index (χ1n) is 8.94. The lowest BCUT2D eigenvalue weighted by Crippen LogP contribution is -2.07. The summed E-state index contributed by atoms with van der Waals surface area (Å²) in [5, 5.41) is 44.5. The van der Waals surface area contributed by atoms with E-state index < -0.39 is 0 Å². The number of aromatic nitrogens is 2. The van der Waals surface area contributed by atoms with Gasteiger partial charge in [0.15, 0.2) is 9.95 Å². The fourth-order valence-electron chi connectivity index (χ4n) is 3.70. The normalized spacial score (nSPS) is 10.9. The van der Waals surface area contributed by atoms with Crippen LogP contribution in [-0.4, -0.2) is 9.13 Å². The summed E-state index contributed by atoms with van der Waals surface area (Å²) in [5.41, 5.74) is 1.53. The fourth-order valence-corrected chi connectivity index (χ4v) is 3.70. The van der Waals surface area contributed by atoms with E-state index in [0.717, 1.165) is 11.0 Å². The molecule has 0 N–H and O–H groups in total. The van der Waals surface area contributed by atoms with Crippen molar-refractivity contribution in [3.05, 3.63) is 58.5 Å². The molecule has 28 heavy (non-hydrogen) atoms. The minimum absolute atomic E-state index is 0.0445. The maximum Gasteiger partial charge on any atom is 0.402 e. The van der Waals surface area contributed by atoms with Crippen LogP contribution in [0.15, 0.2) is 48.5 Å². The molecule has 8 nitrogen and oxygen atoms in total. The van der Waals surface area contributed by atoms with Gasteiger partial charge < -0.3 is 19.3 Å².